The van der Waals surface area contributed by atoms with Gasteiger partial charge in [-0.15, -0.1) is 0 Å². The Morgan fingerprint density at radius 2 is 2.00 bits per heavy atom. The standard InChI is InChI=1S/C15H15NO5S2/c1-7(2)12(14(20)21)16-13(19)11(23-15(16)22)5-8-3-4-9(17)6-10(8)18/h3-7,12,17-18H,1-2H3,(H,20,21)/b11-5+/t12-/m1/s1. The number of hydrogen-bond donors (Lipinski definition) is 3. The highest BCUT2D eigenvalue weighted by molar-refractivity contribution is 8.26. The molecule has 1 atom stereocenters. The van der Waals surface area contributed by atoms with E-state index in [1.54, 1.807) is 13.8 Å². The molecule has 1 aliphatic rings. The lowest BCUT2D eigenvalue weighted by Crippen LogP contribution is -2.47. The molecule has 1 aromatic rings. The van der Waals surface area contributed by atoms with Crippen molar-refractivity contribution in [3.05, 3.63) is 28.7 Å². The second-order valence-electron chi connectivity index (χ2n) is 5.32. The molecule has 0 aromatic heterocycles. The average Bonchev–Trinajstić information content (AvgIpc) is 2.69. The zero-order valence-corrected chi connectivity index (χ0v) is 14.0. The number of thioether (sulfide) groups is 1. The Morgan fingerprint density at radius 3 is 2.52 bits per heavy atom. The molecular weight excluding hydrogens is 338 g/mol. The molecule has 1 fully saturated rings. The Bertz CT molecular complexity index is 714. The minimum atomic E-state index is -1.12. The lowest BCUT2D eigenvalue weighted by molar-refractivity contribution is -0.146. The van der Waals surface area contributed by atoms with Crippen LogP contribution in [0.3, 0.4) is 0 Å². The summed E-state index contributed by atoms with van der Waals surface area (Å²) in [5.41, 5.74) is 0.333. The molecule has 0 radical (unpaired) electrons. The van der Waals surface area contributed by atoms with Crippen LogP contribution < -0.4 is 0 Å². The van der Waals surface area contributed by atoms with Crippen LogP contribution in [0.4, 0.5) is 0 Å². The number of rotatable bonds is 4. The number of carbonyl (C=O) groups is 2. The number of carboxylic acid groups (broad SMARTS) is 1. The van der Waals surface area contributed by atoms with E-state index in [1.807, 2.05) is 0 Å². The lowest BCUT2D eigenvalue weighted by atomic mass is 10.0. The quantitative estimate of drug-likeness (QED) is 0.565. The molecule has 0 aliphatic carbocycles. The van der Waals surface area contributed by atoms with Gasteiger partial charge in [-0.3, -0.25) is 9.69 Å². The van der Waals surface area contributed by atoms with E-state index in [0.717, 1.165) is 22.7 Å². The molecule has 1 heterocycles. The number of benzene rings is 1. The third kappa shape index (κ3) is 3.48. The number of amides is 1. The first kappa shape index (κ1) is 17.3. The summed E-state index contributed by atoms with van der Waals surface area (Å²) in [7, 11) is 0. The van der Waals surface area contributed by atoms with Crippen molar-refractivity contribution in [2.45, 2.75) is 19.9 Å². The van der Waals surface area contributed by atoms with Crippen LogP contribution in [-0.2, 0) is 9.59 Å². The summed E-state index contributed by atoms with van der Waals surface area (Å²) in [4.78, 5) is 25.2. The third-order valence-electron chi connectivity index (χ3n) is 3.29. The summed E-state index contributed by atoms with van der Waals surface area (Å²) in [5.74, 6) is -2.22. The number of phenols is 2. The summed E-state index contributed by atoms with van der Waals surface area (Å²) in [6, 6.07) is 2.94. The van der Waals surface area contributed by atoms with E-state index in [2.05, 4.69) is 0 Å². The van der Waals surface area contributed by atoms with Crippen LogP contribution in [0.2, 0.25) is 0 Å². The van der Waals surface area contributed by atoms with Crippen LogP contribution >= 0.6 is 24.0 Å². The summed E-state index contributed by atoms with van der Waals surface area (Å²) < 4.78 is 0.167. The van der Waals surface area contributed by atoms with E-state index in [-0.39, 0.29) is 26.6 Å². The topological polar surface area (TPSA) is 98.1 Å². The molecule has 6 nitrogen and oxygen atoms in total. The molecule has 3 N–H and O–H groups in total. The van der Waals surface area contributed by atoms with Crippen LogP contribution in [0.25, 0.3) is 6.08 Å². The Labute approximate surface area is 142 Å². The molecule has 1 saturated heterocycles. The fraction of sp³-hybridized carbons (Fsp3) is 0.267. The highest BCUT2D eigenvalue weighted by atomic mass is 32.2. The summed E-state index contributed by atoms with van der Waals surface area (Å²) in [5, 5.41) is 28.4. The molecule has 8 heteroatoms. The molecule has 122 valence electrons. The van der Waals surface area contributed by atoms with E-state index in [4.69, 9.17) is 12.2 Å². The number of hydrogen-bond acceptors (Lipinski definition) is 6. The fourth-order valence-corrected chi connectivity index (χ4v) is 3.53. The average molecular weight is 353 g/mol. The predicted octanol–water partition coefficient (Wildman–Crippen LogP) is 2.41. The van der Waals surface area contributed by atoms with Gasteiger partial charge in [0, 0.05) is 11.6 Å². The zero-order chi connectivity index (χ0) is 17.3. The normalized spacial score (nSPS) is 18.0. The van der Waals surface area contributed by atoms with Gasteiger partial charge in [0.05, 0.1) is 4.91 Å². The van der Waals surface area contributed by atoms with E-state index in [1.165, 1.54) is 18.2 Å². The van der Waals surface area contributed by atoms with Crippen LogP contribution in [-0.4, -0.2) is 42.5 Å². The van der Waals surface area contributed by atoms with Gasteiger partial charge in [0.15, 0.2) is 0 Å². The predicted molar refractivity (Wildman–Crippen MR) is 91.0 cm³/mol. The van der Waals surface area contributed by atoms with E-state index >= 15 is 0 Å². The van der Waals surface area contributed by atoms with Crippen molar-refractivity contribution in [2.75, 3.05) is 0 Å². The molecule has 0 saturated carbocycles. The fourth-order valence-electron chi connectivity index (χ4n) is 2.21. The van der Waals surface area contributed by atoms with Crippen molar-refractivity contribution < 1.29 is 24.9 Å². The first-order chi connectivity index (χ1) is 10.7. The smallest absolute Gasteiger partial charge is 0.327 e. The van der Waals surface area contributed by atoms with Gasteiger partial charge in [-0.2, -0.15) is 0 Å². The second kappa shape index (κ2) is 6.59. The molecule has 23 heavy (non-hydrogen) atoms. The molecule has 1 amide bonds. The Kier molecular flexibility index (Phi) is 4.96. The number of thiocarbonyl (C=S) groups is 1. The number of carbonyl (C=O) groups excluding carboxylic acids is 1. The minimum Gasteiger partial charge on any atom is -0.508 e. The van der Waals surface area contributed by atoms with Gasteiger partial charge in [0.2, 0.25) is 0 Å². The largest absolute Gasteiger partial charge is 0.508 e. The first-order valence-electron chi connectivity index (χ1n) is 6.74. The first-order valence-corrected chi connectivity index (χ1v) is 7.96. The van der Waals surface area contributed by atoms with Gasteiger partial charge >= 0.3 is 5.97 Å². The Balaban J connectivity index is 2.37. The maximum Gasteiger partial charge on any atom is 0.327 e. The number of nitrogens with zero attached hydrogens (tertiary/aromatic N) is 1. The van der Waals surface area contributed by atoms with Gasteiger partial charge in [-0.05, 0) is 24.1 Å². The van der Waals surface area contributed by atoms with Gasteiger partial charge in [-0.1, -0.05) is 37.8 Å². The van der Waals surface area contributed by atoms with Gasteiger partial charge in [-0.25, -0.2) is 4.79 Å². The van der Waals surface area contributed by atoms with Crippen molar-refractivity contribution >= 4 is 46.3 Å². The third-order valence-corrected chi connectivity index (χ3v) is 4.62. The maximum atomic E-state index is 12.5. The van der Waals surface area contributed by atoms with Crippen molar-refractivity contribution in [1.82, 2.24) is 4.90 Å². The van der Waals surface area contributed by atoms with Gasteiger partial charge < -0.3 is 15.3 Å². The van der Waals surface area contributed by atoms with Crippen molar-refractivity contribution in [3.63, 3.8) is 0 Å². The highest BCUT2D eigenvalue weighted by Crippen LogP contribution is 2.37. The van der Waals surface area contributed by atoms with Gasteiger partial charge in [0.1, 0.15) is 21.9 Å². The molecule has 1 aromatic carbocycles. The number of aromatic hydroxyl groups is 2. The van der Waals surface area contributed by atoms with E-state index < -0.39 is 17.9 Å². The van der Waals surface area contributed by atoms with Crippen LogP contribution in [0, 0.1) is 5.92 Å². The van der Waals surface area contributed by atoms with Crippen molar-refractivity contribution in [2.24, 2.45) is 5.92 Å². The molecule has 0 spiro atoms. The Morgan fingerprint density at radius 1 is 1.35 bits per heavy atom. The number of aliphatic carboxylic acids is 1. The van der Waals surface area contributed by atoms with Crippen LogP contribution in [0.5, 0.6) is 11.5 Å². The SMILES string of the molecule is CC(C)[C@H](C(=O)O)N1C(=O)/C(=C\c2ccc(O)cc2O)SC1=S. The molecule has 0 unspecified atom stereocenters. The van der Waals surface area contributed by atoms with Crippen LogP contribution in [0.1, 0.15) is 19.4 Å². The summed E-state index contributed by atoms with van der Waals surface area (Å²) in [6.45, 7) is 3.40. The molecule has 1 aliphatic heterocycles. The number of phenolic OH excluding ortho intramolecular Hbond substituents is 2. The highest BCUT2D eigenvalue weighted by Gasteiger charge is 2.41. The molecule has 2 rings (SSSR count). The Hall–Kier alpha value is -2.06. The maximum absolute atomic E-state index is 12.5. The molecular formula is C15H15NO5S2. The molecule has 0 bridgehead atoms. The summed E-state index contributed by atoms with van der Waals surface area (Å²) >= 11 is 6.13. The van der Waals surface area contributed by atoms with Crippen molar-refractivity contribution in [1.29, 1.82) is 0 Å². The number of carboxylic acids is 1. The van der Waals surface area contributed by atoms with Crippen molar-refractivity contribution in [3.8, 4) is 11.5 Å². The zero-order valence-electron chi connectivity index (χ0n) is 12.4. The second-order valence-corrected chi connectivity index (χ2v) is 7.00. The monoisotopic (exact) mass is 353 g/mol. The lowest BCUT2D eigenvalue weighted by Gasteiger charge is -2.26. The van der Waals surface area contributed by atoms with E-state index in [0.29, 0.717) is 5.56 Å². The van der Waals surface area contributed by atoms with E-state index in [9.17, 15) is 24.9 Å². The minimum absolute atomic E-state index is 0.0991. The van der Waals surface area contributed by atoms with Crippen LogP contribution in [0.15, 0.2) is 23.1 Å². The summed E-state index contributed by atoms with van der Waals surface area (Å²) in [6.07, 6.45) is 1.42. The van der Waals surface area contributed by atoms with Gasteiger partial charge in [0.25, 0.3) is 5.91 Å².